The first-order valence-electron chi connectivity index (χ1n) is 27.7. The SMILES string of the molecule is CO[C@H](C)[C@@H](C)Oc1nc(N2C[C@@H]3C[C@H]2CN3)c2cc(C3CC3)c(-c3c(C)c(F)cc(N)c3C=N)c(OCc3ccc(/C(C=N[C@H](C(=O)N4CCC[C@H]4C(=O)N[C@@H](CO)c4ccc(-c5ccncc5Cl)cc4)C(C)C)=N/N)cc3)c2n1. The molecule has 20 heteroatoms. The van der Waals surface area contributed by atoms with Crippen LogP contribution in [0.5, 0.6) is 11.8 Å². The number of fused-ring (bicyclic) bond motifs is 3. The number of hydrazone groups is 1. The zero-order valence-electron chi connectivity index (χ0n) is 46.5. The number of aromatic nitrogens is 3. The summed E-state index contributed by atoms with van der Waals surface area (Å²) in [4.78, 5) is 51.3. The van der Waals surface area contributed by atoms with Gasteiger partial charge in [0.1, 0.15) is 47.7 Å². The van der Waals surface area contributed by atoms with Crippen LogP contribution in [0.1, 0.15) is 105 Å². The van der Waals surface area contributed by atoms with Crippen molar-refractivity contribution < 1.29 is 33.3 Å². The molecule has 1 saturated carbocycles. The Morgan fingerprint density at radius 3 is 2.44 bits per heavy atom. The number of halogens is 2. The van der Waals surface area contributed by atoms with E-state index in [1.54, 1.807) is 31.3 Å². The third kappa shape index (κ3) is 11.7. The van der Waals surface area contributed by atoms with Crippen molar-refractivity contribution in [3.05, 3.63) is 123 Å². The van der Waals surface area contributed by atoms with Gasteiger partial charge in [-0.3, -0.25) is 19.6 Å². The van der Waals surface area contributed by atoms with Crippen molar-refractivity contribution in [1.82, 2.24) is 30.5 Å². The van der Waals surface area contributed by atoms with Crippen molar-refractivity contribution in [2.45, 2.75) is 122 Å². The van der Waals surface area contributed by atoms with Crippen molar-refractivity contribution in [2.24, 2.45) is 21.9 Å². The minimum absolute atomic E-state index is 0.0515. The minimum atomic E-state index is -0.858. The first kappa shape index (κ1) is 56.7. The molecular weight excluding hydrogens is 1050 g/mol. The Hall–Kier alpha value is -7.58. The molecule has 2 amide bonds. The topological polar surface area (TPSA) is 252 Å². The van der Waals surface area contributed by atoms with Crippen molar-refractivity contribution in [3.63, 3.8) is 0 Å². The number of benzene rings is 4. The predicted octanol–water partition coefficient (Wildman–Crippen LogP) is 8.45. The number of hydrogen-bond acceptors (Lipinski definition) is 16. The van der Waals surface area contributed by atoms with Crippen LogP contribution in [0.2, 0.25) is 5.02 Å². The van der Waals surface area contributed by atoms with E-state index in [2.05, 4.69) is 31.7 Å². The number of pyridine rings is 1. The van der Waals surface area contributed by atoms with Gasteiger partial charge in [-0.2, -0.15) is 15.1 Å². The molecule has 424 valence electrons. The van der Waals surface area contributed by atoms with Gasteiger partial charge in [0.15, 0.2) is 5.75 Å². The lowest BCUT2D eigenvalue weighted by Gasteiger charge is -2.31. The molecule has 4 fully saturated rings. The van der Waals surface area contributed by atoms with Crippen LogP contribution in [0.4, 0.5) is 15.9 Å². The predicted molar refractivity (Wildman–Crippen MR) is 314 cm³/mol. The minimum Gasteiger partial charge on any atom is -0.486 e. The molecule has 2 aromatic heterocycles. The van der Waals surface area contributed by atoms with Crippen LogP contribution < -0.4 is 36.6 Å². The number of nitrogens with two attached hydrogens (primary N) is 2. The fourth-order valence-electron chi connectivity index (χ4n) is 11.4. The molecule has 0 spiro atoms. The number of nitrogens with zero attached hydrogens (tertiary/aromatic N) is 7. The van der Waals surface area contributed by atoms with Gasteiger partial charge in [0.05, 0.1) is 30.0 Å². The van der Waals surface area contributed by atoms with Gasteiger partial charge in [0.25, 0.3) is 0 Å². The molecule has 8 N–H and O–H groups in total. The second-order valence-electron chi connectivity index (χ2n) is 22.0. The zero-order valence-corrected chi connectivity index (χ0v) is 47.2. The number of piperazine rings is 1. The largest absolute Gasteiger partial charge is 0.486 e. The molecular formula is C61H70ClFN12O6. The van der Waals surface area contributed by atoms with Gasteiger partial charge in [-0.15, -0.1) is 0 Å². The Morgan fingerprint density at radius 1 is 1.04 bits per heavy atom. The van der Waals surface area contributed by atoms with E-state index in [1.165, 1.54) is 18.5 Å². The molecule has 3 saturated heterocycles. The summed E-state index contributed by atoms with van der Waals surface area (Å²) >= 11 is 6.37. The normalized spacial score (nSPS) is 19.6. The highest BCUT2D eigenvalue weighted by atomic mass is 35.5. The van der Waals surface area contributed by atoms with Gasteiger partial charge in [-0.25, -0.2) is 4.39 Å². The number of likely N-dealkylation sites (tertiary alicyclic amines) is 1. The molecule has 2 bridgehead atoms. The first-order chi connectivity index (χ1) is 39.1. The highest BCUT2D eigenvalue weighted by molar-refractivity contribution is 6.38. The average molecular weight is 1120 g/mol. The van der Waals surface area contributed by atoms with Crippen LogP contribution in [0, 0.1) is 24.1 Å². The first-order valence-corrected chi connectivity index (χ1v) is 28.1. The van der Waals surface area contributed by atoms with Crippen LogP contribution in [0.15, 0.2) is 89.2 Å². The van der Waals surface area contributed by atoms with Gasteiger partial charge >= 0.3 is 6.01 Å². The van der Waals surface area contributed by atoms with Crippen molar-refractivity contribution >= 4 is 64.0 Å². The van der Waals surface area contributed by atoms with E-state index in [0.717, 1.165) is 65.8 Å². The number of aliphatic imine (C=N–C) groups is 1. The molecule has 10 rings (SSSR count). The average Bonchev–Trinajstić information content (AvgIpc) is 3.98. The maximum absolute atomic E-state index is 16.0. The summed E-state index contributed by atoms with van der Waals surface area (Å²) in [6.45, 7) is 11.0. The molecule has 7 atom stereocenters. The maximum atomic E-state index is 16.0. The number of nitrogen functional groups attached to an aromatic ring is 1. The van der Waals surface area contributed by atoms with Gasteiger partial charge in [-0.1, -0.05) is 74.0 Å². The number of methoxy groups -OCH3 is 1. The molecule has 1 aliphatic carbocycles. The number of rotatable bonds is 21. The summed E-state index contributed by atoms with van der Waals surface area (Å²) in [6, 6.07) is 18.4. The lowest BCUT2D eigenvalue weighted by Crippen LogP contribution is -2.50. The van der Waals surface area contributed by atoms with E-state index in [1.807, 2.05) is 82.3 Å². The van der Waals surface area contributed by atoms with E-state index in [9.17, 15) is 14.7 Å². The van der Waals surface area contributed by atoms with Gasteiger partial charge in [-0.05, 0) is 111 Å². The zero-order chi connectivity index (χ0) is 57.2. The van der Waals surface area contributed by atoms with E-state index in [0.29, 0.717) is 80.8 Å². The highest BCUT2D eigenvalue weighted by Gasteiger charge is 2.42. The quantitative estimate of drug-likeness (QED) is 0.0172. The number of ether oxygens (including phenoxy) is 3. The third-order valence-electron chi connectivity index (χ3n) is 16.3. The van der Waals surface area contributed by atoms with Gasteiger partial charge in [0.2, 0.25) is 11.8 Å². The number of anilines is 2. The number of nitrogens with one attached hydrogen (secondary N) is 3. The number of carbonyl (C=O) groups is 2. The van der Waals surface area contributed by atoms with E-state index in [-0.39, 0.29) is 60.7 Å². The summed E-state index contributed by atoms with van der Waals surface area (Å²) in [7, 11) is 1.63. The maximum Gasteiger partial charge on any atom is 0.319 e. The number of hydrogen-bond donors (Lipinski definition) is 6. The van der Waals surface area contributed by atoms with E-state index in [4.69, 9.17) is 57.8 Å². The molecule has 3 aliphatic heterocycles. The number of amides is 2. The molecule has 6 aromatic rings. The highest BCUT2D eigenvalue weighted by Crippen LogP contribution is 2.53. The Kier molecular flexibility index (Phi) is 17.0. The molecule has 0 radical (unpaired) electrons. The molecule has 0 unspecified atom stereocenters. The van der Waals surface area contributed by atoms with Crippen molar-refractivity contribution in [2.75, 3.05) is 44.0 Å². The summed E-state index contributed by atoms with van der Waals surface area (Å²) in [5.41, 5.74) is 14.0. The van der Waals surface area contributed by atoms with Gasteiger partial charge < -0.3 is 56.7 Å². The van der Waals surface area contributed by atoms with Gasteiger partial charge in [0, 0.05) is 96.3 Å². The second-order valence-corrected chi connectivity index (χ2v) is 22.4. The fourth-order valence-corrected chi connectivity index (χ4v) is 11.6. The van der Waals surface area contributed by atoms with Crippen LogP contribution in [0.25, 0.3) is 33.2 Å². The Balaban J connectivity index is 0.916. The number of aliphatic hydroxyl groups excluding tert-OH is 1. The summed E-state index contributed by atoms with van der Waals surface area (Å²) < 4.78 is 35.1. The Labute approximate surface area is 476 Å². The molecule has 4 aromatic carbocycles. The Bertz CT molecular complexity index is 3400. The Morgan fingerprint density at radius 2 is 1.80 bits per heavy atom. The molecule has 18 nitrogen and oxygen atoms in total. The lowest BCUT2D eigenvalue weighted by atomic mass is 9.87. The van der Waals surface area contributed by atoms with Crippen molar-refractivity contribution in [3.8, 4) is 34.0 Å². The monoisotopic (exact) mass is 1120 g/mol. The van der Waals surface area contributed by atoms with Crippen molar-refractivity contribution in [1.29, 1.82) is 5.41 Å². The van der Waals surface area contributed by atoms with Crippen LogP contribution in [-0.4, -0.2) is 125 Å². The van der Waals surface area contributed by atoms with E-state index < -0.39 is 30.0 Å². The summed E-state index contributed by atoms with van der Waals surface area (Å²) in [6.07, 6.45) is 9.09. The number of carbonyl (C=O) groups excluding carboxylic acids is 2. The third-order valence-corrected chi connectivity index (χ3v) is 16.6. The summed E-state index contributed by atoms with van der Waals surface area (Å²) in [5.74, 6) is 5.87. The standard InChI is InChI=1S/C61H70ClFN12O6/c1-32(2)55(60(78)74-21-7-8-52(74)59(77)70-51(30-76)40-17-15-37(16-18-40)43-19-20-67-27-47(43)62)69-28-50(73-66)39-11-9-36(10-12-39)31-80-57-54(53-33(3)48(63)24-49(65)46(53)25-64)44(38-13-14-38)23-45-56(57)71-61(81-35(5)34(4)79-6)72-58(45)75-29-41-22-42(75)26-68-41/h9-12,15-20,23-25,27-28,32,34-35,38,41-42,51-52,55,64,68,76H,7-8,13-14,21-22,26,29-31,65-66H2,1-6H3,(H,70,77)/b64-25?,69-28?,73-50+/t34-,35-,41+,42+,51+,52+,55+/m1/s1. The number of aliphatic hydroxyl groups is 1. The van der Waals surface area contributed by atoms with E-state index >= 15 is 4.39 Å². The second kappa shape index (κ2) is 24.3. The molecule has 4 aliphatic rings. The van der Waals surface area contributed by atoms with Crippen LogP contribution in [0.3, 0.4) is 0 Å². The lowest BCUT2D eigenvalue weighted by molar-refractivity contribution is -0.140. The smallest absolute Gasteiger partial charge is 0.319 e. The summed E-state index contributed by atoms with van der Waals surface area (Å²) in [5, 5.41) is 30.9. The van der Waals surface area contributed by atoms with Crippen LogP contribution in [-0.2, 0) is 20.9 Å². The molecule has 81 heavy (non-hydrogen) atoms. The molecule has 5 heterocycles. The van der Waals surface area contributed by atoms with Crippen LogP contribution >= 0.6 is 11.6 Å². The fraction of sp³-hybridized carbons (Fsp3) is 0.410.